The second-order valence-corrected chi connectivity index (χ2v) is 2.68. The zero-order chi connectivity index (χ0) is 7.68. The summed E-state index contributed by atoms with van der Waals surface area (Å²) in [5.74, 6) is 0. The SMILES string of the molecule is Br.[CH2-]c1ccc2ccccc2c1.[Zn]. The van der Waals surface area contributed by atoms with Crippen LogP contribution in [0.15, 0.2) is 42.5 Å². The van der Waals surface area contributed by atoms with E-state index in [1.165, 1.54) is 10.8 Å². The van der Waals surface area contributed by atoms with Crippen molar-refractivity contribution in [1.82, 2.24) is 0 Å². The number of hydrogen-bond donors (Lipinski definition) is 0. The van der Waals surface area contributed by atoms with Crippen LogP contribution < -0.4 is 0 Å². The summed E-state index contributed by atoms with van der Waals surface area (Å²) < 4.78 is 0. The number of halogens is 1. The maximum atomic E-state index is 3.87. The van der Waals surface area contributed by atoms with Gasteiger partial charge in [-0.2, -0.15) is 24.6 Å². The van der Waals surface area contributed by atoms with E-state index < -0.39 is 0 Å². The van der Waals surface area contributed by atoms with Gasteiger partial charge in [0.1, 0.15) is 0 Å². The van der Waals surface area contributed by atoms with Gasteiger partial charge < -0.3 is 0 Å². The molecule has 0 fully saturated rings. The van der Waals surface area contributed by atoms with Crippen LogP contribution in [0, 0.1) is 6.92 Å². The van der Waals surface area contributed by atoms with Gasteiger partial charge in [0.05, 0.1) is 0 Å². The first-order valence-corrected chi connectivity index (χ1v) is 3.67. The molecular formula is C11H10BrZn-. The van der Waals surface area contributed by atoms with Crippen LogP contribution in [-0.4, -0.2) is 0 Å². The van der Waals surface area contributed by atoms with Crippen LogP contribution >= 0.6 is 17.0 Å². The summed E-state index contributed by atoms with van der Waals surface area (Å²) in [6.07, 6.45) is 0. The van der Waals surface area contributed by atoms with E-state index >= 15 is 0 Å². The summed E-state index contributed by atoms with van der Waals surface area (Å²) in [5, 5.41) is 2.54. The van der Waals surface area contributed by atoms with E-state index in [0.29, 0.717) is 0 Å². The molecule has 0 radical (unpaired) electrons. The molecule has 0 atom stereocenters. The molecule has 0 aliphatic heterocycles. The maximum absolute atomic E-state index is 3.87. The minimum absolute atomic E-state index is 0. The van der Waals surface area contributed by atoms with Crippen molar-refractivity contribution in [2.24, 2.45) is 0 Å². The molecule has 0 saturated heterocycles. The van der Waals surface area contributed by atoms with E-state index in [0.717, 1.165) is 5.56 Å². The Hall–Kier alpha value is -0.327. The van der Waals surface area contributed by atoms with Crippen molar-refractivity contribution < 1.29 is 19.5 Å². The fraction of sp³-hybridized carbons (Fsp3) is 0. The van der Waals surface area contributed by atoms with Crippen LogP contribution in [0.2, 0.25) is 0 Å². The molecule has 0 aliphatic rings. The predicted molar refractivity (Wildman–Crippen MR) is 58.7 cm³/mol. The molecule has 0 spiro atoms. The Kier molecular flexibility index (Phi) is 5.28. The molecule has 0 N–H and O–H groups in total. The molecule has 0 aliphatic carbocycles. The van der Waals surface area contributed by atoms with Crippen LogP contribution in [-0.2, 0) is 19.5 Å². The first-order chi connectivity index (χ1) is 5.36. The summed E-state index contributed by atoms with van der Waals surface area (Å²) in [7, 11) is 0. The minimum atomic E-state index is 0. The molecule has 64 valence electrons. The molecule has 0 nitrogen and oxygen atoms in total. The van der Waals surface area contributed by atoms with Crippen LogP contribution in [0.3, 0.4) is 0 Å². The van der Waals surface area contributed by atoms with E-state index in [4.69, 9.17) is 0 Å². The Labute approximate surface area is 102 Å². The third kappa shape index (κ3) is 2.82. The van der Waals surface area contributed by atoms with E-state index in [1.807, 2.05) is 18.2 Å². The number of rotatable bonds is 0. The summed E-state index contributed by atoms with van der Waals surface area (Å²) in [6.45, 7) is 3.87. The van der Waals surface area contributed by atoms with Crippen molar-refractivity contribution in [1.29, 1.82) is 0 Å². The van der Waals surface area contributed by atoms with E-state index in [2.05, 4.69) is 31.2 Å². The van der Waals surface area contributed by atoms with Gasteiger partial charge in [0.2, 0.25) is 0 Å². The van der Waals surface area contributed by atoms with Gasteiger partial charge in [-0.3, -0.25) is 0 Å². The van der Waals surface area contributed by atoms with Crippen LogP contribution in [0.1, 0.15) is 5.56 Å². The molecule has 13 heavy (non-hydrogen) atoms. The summed E-state index contributed by atoms with van der Waals surface area (Å²) >= 11 is 0. The first-order valence-electron chi connectivity index (χ1n) is 3.67. The molecule has 2 aromatic carbocycles. The van der Waals surface area contributed by atoms with Gasteiger partial charge >= 0.3 is 0 Å². The van der Waals surface area contributed by atoms with Crippen molar-refractivity contribution in [3.8, 4) is 0 Å². The van der Waals surface area contributed by atoms with Crippen molar-refractivity contribution >= 4 is 27.8 Å². The zero-order valence-electron chi connectivity index (χ0n) is 7.36. The van der Waals surface area contributed by atoms with Gasteiger partial charge in [-0.1, -0.05) is 29.7 Å². The molecule has 0 unspecified atom stereocenters. The Morgan fingerprint density at radius 1 is 0.846 bits per heavy atom. The van der Waals surface area contributed by atoms with Crippen molar-refractivity contribution in [2.45, 2.75) is 0 Å². The van der Waals surface area contributed by atoms with Gasteiger partial charge in [0.25, 0.3) is 0 Å². The van der Waals surface area contributed by atoms with Gasteiger partial charge in [-0.05, 0) is 5.39 Å². The fourth-order valence-electron chi connectivity index (χ4n) is 1.24. The molecule has 0 amide bonds. The summed E-state index contributed by atoms with van der Waals surface area (Å²) in [4.78, 5) is 0. The number of benzene rings is 2. The van der Waals surface area contributed by atoms with Crippen molar-refractivity contribution in [2.75, 3.05) is 0 Å². The van der Waals surface area contributed by atoms with E-state index in [-0.39, 0.29) is 36.5 Å². The summed E-state index contributed by atoms with van der Waals surface area (Å²) in [6, 6.07) is 14.5. The smallest absolute Gasteiger partial charge is 0 e. The molecule has 0 saturated carbocycles. The molecule has 0 aromatic heterocycles. The Balaban J connectivity index is 0.000000720. The topological polar surface area (TPSA) is 0 Å². The Morgan fingerprint density at radius 3 is 2.15 bits per heavy atom. The Bertz CT molecular complexity index is 385. The quantitative estimate of drug-likeness (QED) is 0.513. The van der Waals surface area contributed by atoms with Gasteiger partial charge in [0.15, 0.2) is 0 Å². The average molecular weight is 287 g/mol. The van der Waals surface area contributed by atoms with Crippen molar-refractivity contribution in [3.05, 3.63) is 55.0 Å². The van der Waals surface area contributed by atoms with Gasteiger partial charge in [-0.25, -0.2) is 0 Å². The second-order valence-electron chi connectivity index (χ2n) is 2.68. The van der Waals surface area contributed by atoms with Crippen LogP contribution in [0.4, 0.5) is 0 Å². The van der Waals surface area contributed by atoms with Gasteiger partial charge in [0, 0.05) is 19.5 Å². The second kappa shape index (κ2) is 5.41. The first kappa shape index (κ1) is 12.7. The van der Waals surface area contributed by atoms with E-state index in [9.17, 15) is 0 Å². The zero-order valence-corrected chi connectivity index (χ0v) is 12.0. The minimum Gasteiger partial charge on any atom is -0.199 e. The molecule has 2 heteroatoms. The van der Waals surface area contributed by atoms with Crippen LogP contribution in [0.25, 0.3) is 10.8 Å². The standard InChI is InChI=1S/C11H9.BrH.Zn/c1-9-6-7-10-4-2-3-5-11(10)8-9;;/h2-8H,1H2;1H;/q-1;;. The molecule has 0 heterocycles. The van der Waals surface area contributed by atoms with Crippen molar-refractivity contribution in [3.63, 3.8) is 0 Å². The maximum Gasteiger partial charge on any atom is 0 e. The predicted octanol–water partition coefficient (Wildman–Crippen LogP) is 3.60. The average Bonchev–Trinajstić information content (AvgIpc) is 2.04. The normalized spacial score (nSPS) is 8.62. The third-order valence-corrected chi connectivity index (χ3v) is 1.81. The van der Waals surface area contributed by atoms with E-state index in [1.54, 1.807) is 0 Å². The molecule has 2 aromatic rings. The largest absolute Gasteiger partial charge is 0.199 e. The van der Waals surface area contributed by atoms with Crippen LogP contribution in [0.5, 0.6) is 0 Å². The molecular weight excluding hydrogens is 277 g/mol. The molecule has 2 rings (SSSR count). The monoisotopic (exact) mass is 285 g/mol. The summed E-state index contributed by atoms with van der Waals surface area (Å²) in [5.41, 5.74) is 1.07. The Morgan fingerprint density at radius 2 is 1.46 bits per heavy atom. The molecule has 0 bridgehead atoms. The van der Waals surface area contributed by atoms with Gasteiger partial charge in [-0.15, -0.1) is 23.0 Å². The fourth-order valence-corrected chi connectivity index (χ4v) is 1.24. The number of fused-ring (bicyclic) bond motifs is 1. The number of hydrogen-bond acceptors (Lipinski definition) is 0. The third-order valence-electron chi connectivity index (χ3n) is 1.81.